The molecule has 1 amide bonds. The van der Waals surface area contributed by atoms with Gasteiger partial charge in [0.15, 0.2) is 4.77 Å². The molecule has 3 rings (SSSR count). The highest BCUT2D eigenvalue weighted by molar-refractivity contribution is 7.71. The molecule has 0 saturated heterocycles. The maximum absolute atomic E-state index is 12.6. The number of H-pyrrole nitrogens is 1. The summed E-state index contributed by atoms with van der Waals surface area (Å²) in [4.78, 5) is 28.0. The minimum Gasteiger partial charge on any atom is -0.332 e. The Morgan fingerprint density at radius 1 is 1.20 bits per heavy atom. The molecule has 0 aliphatic heterocycles. The van der Waals surface area contributed by atoms with Gasteiger partial charge in [0.05, 0.1) is 10.9 Å². The first-order chi connectivity index (χ1) is 11.9. The lowest BCUT2D eigenvalue weighted by molar-refractivity contribution is 0.102. The van der Waals surface area contributed by atoms with Gasteiger partial charge in [-0.25, -0.2) is 0 Å². The van der Waals surface area contributed by atoms with Crippen LogP contribution in [-0.4, -0.2) is 15.5 Å². The van der Waals surface area contributed by atoms with E-state index in [2.05, 4.69) is 10.3 Å². The van der Waals surface area contributed by atoms with Crippen LogP contribution in [0.3, 0.4) is 0 Å². The first kappa shape index (κ1) is 17.1. The van der Waals surface area contributed by atoms with E-state index in [0.717, 1.165) is 16.8 Å². The van der Waals surface area contributed by atoms with Crippen LogP contribution in [0.15, 0.2) is 41.2 Å². The summed E-state index contributed by atoms with van der Waals surface area (Å²) in [5.74, 6) is -0.229. The molecule has 0 aliphatic carbocycles. The molecule has 5 nitrogen and oxygen atoms in total. The first-order valence-corrected chi connectivity index (χ1v) is 8.47. The minimum atomic E-state index is -0.229. The SMILES string of the molecule is CCn1c(=S)[nH]c2cc(C(=O)Nc3ccc(C)cc3C)ccc2c1=O. The number of amides is 1. The molecule has 0 saturated carbocycles. The van der Waals surface area contributed by atoms with Crippen molar-refractivity contribution in [1.29, 1.82) is 0 Å². The van der Waals surface area contributed by atoms with Crippen LogP contribution in [0.2, 0.25) is 0 Å². The number of aryl methyl sites for hydroxylation is 2. The quantitative estimate of drug-likeness (QED) is 0.701. The van der Waals surface area contributed by atoms with Gasteiger partial charge in [-0.2, -0.15) is 0 Å². The van der Waals surface area contributed by atoms with Crippen molar-refractivity contribution in [2.45, 2.75) is 27.3 Å². The molecular weight excluding hydrogens is 334 g/mol. The zero-order chi connectivity index (χ0) is 18.1. The molecule has 2 aromatic carbocycles. The van der Waals surface area contributed by atoms with E-state index in [1.54, 1.807) is 18.2 Å². The van der Waals surface area contributed by atoms with Crippen LogP contribution in [-0.2, 0) is 6.54 Å². The van der Waals surface area contributed by atoms with E-state index < -0.39 is 0 Å². The lowest BCUT2D eigenvalue weighted by Crippen LogP contribution is -2.21. The lowest BCUT2D eigenvalue weighted by Gasteiger charge is -2.10. The predicted octanol–water partition coefficient (Wildman–Crippen LogP) is 3.95. The fourth-order valence-corrected chi connectivity index (χ4v) is 3.15. The highest BCUT2D eigenvalue weighted by Gasteiger charge is 2.11. The van der Waals surface area contributed by atoms with Crippen molar-refractivity contribution >= 4 is 34.7 Å². The van der Waals surface area contributed by atoms with Gasteiger partial charge in [0.2, 0.25) is 0 Å². The summed E-state index contributed by atoms with van der Waals surface area (Å²) in [6.07, 6.45) is 0. The number of hydrogen-bond donors (Lipinski definition) is 2. The van der Waals surface area contributed by atoms with Crippen molar-refractivity contribution in [3.63, 3.8) is 0 Å². The molecule has 0 unspecified atom stereocenters. The van der Waals surface area contributed by atoms with E-state index >= 15 is 0 Å². The summed E-state index contributed by atoms with van der Waals surface area (Å²) in [5.41, 5.74) is 3.78. The van der Waals surface area contributed by atoms with Crippen LogP contribution in [0.4, 0.5) is 5.69 Å². The Bertz CT molecular complexity index is 1100. The van der Waals surface area contributed by atoms with Gasteiger partial charge in [-0.3, -0.25) is 14.2 Å². The molecule has 3 aromatic rings. The topological polar surface area (TPSA) is 66.9 Å². The number of fused-ring (bicyclic) bond motifs is 1. The molecule has 2 N–H and O–H groups in total. The van der Waals surface area contributed by atoms with E-state index in [1.807, 2.05) is 39.0 Å². The van der Waals surface area contributed by atoms with Crippen molar-refractivity contribution in [2.24, 2.45) is 0 Å². The van der Waals surface area contributed by atoms with Crippen molar-refractivity contribution in [2.75, 3.05) is 5.32 Å². The van der Waals surface area contributed by atoms with Gasteiger partial charge >= 0.3 is 0 Å². The summed E-state index contributed by atoms with van der Waals surface area (Å²) in [7, 11) is 0. The molecule has 1 heterocycles. The molecule has 0 radical (unpaired) electrons. The maximum Gasteiger partial charge on any atom is 0.262 e. The van der Waals surface area contributed by atoms with Crippen molar-refractivity contribution < 1.29 is 4.79 Å². The lowest BCUT2D eigenvalue weighted by atomic mass is 10.1. The smallest absolute Gasteiger partial charge is 0.262 e. The van der Waals surface area contributed by atoms with Crippen LogP contribution in [0.5, 0.6) is 0 Å². The molecular formula is C19H19N3O2S. The van der Waals surface area contributed by atoms with Gasteiger partial charge in [0.25, 0.3) is 11.5 Å². The number of hydrogen-bond acceptors (Lipinski definition) is 3. The van der Waals surface area contributed by atoms with Crippen molar-refractivity contribution in [1.82, 2.24) is 9.55 Å². The van der Waals surface area contributed by atoms with Crippen molar-refractivity contribution in [3.8, 4) is 0 Å². The third-order valence-electron chi connectivity index (χ3n) is 4.19. The summed E-state index contributed by atoms with van der Waals surface area (Å²) in [6.45, 7) is 6.32. The predicted molar refractivity (Wildman–Crippen MR) is 103 cm³/mol. The number of aromatic nitrogens is 2. The number of aromatic amines is 1. The van der Waals surface area contributed by atoms with Crippen LogP contribution in [0.1, 0.15) is 28.4 Å². The standard InChI is InChI=1S/C19H19N3O2S/c1-4-22-18(24)14-7-6-13(10-16(14)21-19(22)25)17(23)20-15-8-5-11(2)9-12(15)3/h5-10H,4H2,1-3H3,(H,20,23)(H,21,25). The molecule has 25 heavy (non-hydrogen) atoms. The van der Waals surface area contributed by atoms with Crippen LogP contribution in [0, 0.1) is 18.6 Å². The molecule has 0 fully saturated rings. The highest BCUT2D eigenvalue weighted by atomic mass is 32.1. The zero-order valence-electron chi connectivity index (χ0n) is 14.3. The zero-order valence-corrected chi connectivity index (χ0v) is 15.2. The Morgan fingerprint density at radius 2 is 1.96 bits per heavy atom. The van der Waals surface area contributed by atoms with Gasteiger partial charge < -0.3 is 10.3 Å². The molecule has 0 aliphatic rings. The Balaban J connectivity index is 2.00. The molecule has 1 aromatic heterocycles. The van der Waals surface area contributed by atoms with Gasteiger partial charge in [-0.15, -0.1) is 0 Å². The summed E-state index contributed by atoms with van der Waals surface area (Å²) in [6, 6.07) is 10.8. The highest BCUT2D eigenvalue weighted by Crippen LogP contribution is 2.18. The van der Waals surface area contributed by atoms with E-state index in [-0.39, 0.29) is 11.5 Å². The Hall–Kier alpha value is -2.73. The number of anilines is 1. The number of rotatable bonds is 3. The normalized spacial score (nSPS) is 10.8. The van der Waals surface area contributed by atoms with Crippen LogP contribution < -0.4 is 10.9 Å². The Labute approximate surface area is 150 Å². The second-order valence-electron chi connectivity index (χ2n) is 6.01. The summed E-state index contributed by atoms with van der Waals surface area (Å²) < 4.78 is 1.85. The minimum absolute atomic E-state index is 0.150. The van der Waals surface area contributed by atoms with E-state index in [1.165, 1.54) is 4.57 Å². The number of carbonyl (C=O) groups is 1. The van der Waals surface area contributed by atoms with E-state index in [0.29, 0.717) is 27.8 Å². The van der Waals surface area contributed by atoms with Gasteiger partial charge in [-0.05, 0) is 62.8 Å². The monoisotopic (exact) mass is 353 g/mol. The van der Waals surface area contributed by atoms with Gasteiger partial charge in [-0.1, -0.05) is 17.7 Å². The number of carbonyl (C=O) groups excluding carboxylic acids is 1. The number of nitrogens with one attached hydrogen (secondary N) is 2. The van der Waals surface area contributed by atoms with Gasteiger partial charge in [0, 0.05) is 17.8 Å². The van der Waals surface area contributed by atoms with E-state index in [4.69, 9.17) is 12.2 Å². The third kappa shape index (κ3) is 3.25. The molecule has 6 heteroatoms. The summed E-state index contributed by atoms with van der Waals surface area (Å²) >= 11 is 5.22. The first-order valence-electron chi connectivity index (χ1n) is 8.06. The number of nitrogens with zero attached hydrogens (tertiary/aromatic N) is 1. The van der Waals surface area contributed by atoms with Crippen molar-refractivity contribution in [3.05, 3.63) is 68.2 Å². The largest absolute Gasteiger partial charge is 0.332 e. The molecule has 0 bridgehead atoms. The van der Waals surface area contributed by atoms with E-state index in [9.17, 15) is 9.59 Å². The maximum atomic E-state index is 12.6. The third-order valence-corrected chi connectivity index (χ3v) is 4.51. The molecule has 128 valence electrons. The molecule has 0 atom stereocenters. The average Bonchev–Trinajstić information content (AvgIpc) is 2.57. The fourth-order valence-electron chi connectivity index (χ4n) is 2.83. The second-order valence-corrected chi connectivity index (χ2v) is 6.40. The average molecular weight is 353 g/mol. The van der Waals surface area contributed by atoms with Crippen LogP contribution in [0.25, 0.3) is 10.9 Å². The van der Waals surface area contributed by atoms with Gasteiger partial charge in [0.1, 0.15) is 0 Å². The second kappa shape index (κ2) is 6.64. The number of benzene rings is 2. The Morgan fingerprint density at radius 3 is 2.64 bits per heavy atom. The fraction of sp³-hybridized carbons (Fsp3) is 0.211. The van der Waals surface area contributed by atoms with Crippen LogP contribution >= 0.6 is 12.2 Å². The summed E-state index contributed by atoms with van der Waals surface area (Å²) in [5, 5.41) is 3.42. The Kier molecular flexibility index (Phi) is 4.55. The molecule has 0 spiro atoms.